The van der Waals surface area contributed by atoms with Gasteiger partial charge in [-0.2, -0.15) is 13.2 Å². The number of Topliss-reactive ketones (excluding diaryl/α,β-unsaturated/α-hetero) is 1. The topological polar surface area (TPSA) is 45.2 Å². The van der Waals surface area contributed by atoms with Crippen LogP contribution in [0.1, 0.15) is 28.4 Å². The van der Waals surface area contributed by atoms with Crippen LogP contribution in [0.25, 0.3) is 10.4 Å². The maximum Gasteiger partial charge on any atom is 0.416 e. The van der Waals surface area contributed by atoms with E-state index < -0.39 is 23.2 Å². The summed E-state index contributed by atoms with van der Waals surface area (Å²) >= 11 is 0. The molecule has 0 radical (unpaired) electrons. The molecule has 1 aliphatic rings. The first-order valence-corrected chi connectivity index (χ1v) is 5.80. The smallest absolute Gasteiger partial charge is 0.289 e. The van der Waals surface area contributed by atoms with Crippen LogP contribution >= 0.6 is 0 Å². The highest BCUT2D eigenvalue weighted by molar-refractivity contribution is 6.27. The van der Waals surface area contributed by atoms with E-state index in [1.54, 1.807) is 6.07 Å². The van der Waals surface area contributed by atoms with Crippen molar-refractivity contribution in [2.45, 2.75) is 13.1 Å². The van der Waals surface area contributed by atoms with Crippen LogP contribution in [0, 0.1) is 17.9 Å². The van der Waals surface area contributed by atoms with Crippen molar-refractivity contribution in [3.63, 3.8) is 0 Å². The van der Waals surface area contributed by atoms with Crippen LogP contribution in [0.5, 0.6) is 0 Å². The van der Waals surface area contributed by atoms with Gasteiger partial charge < -0.3 is 0 Å². The molecule has 0 saturated carbocycles. The zero-order valence-corrected chi connectivity index (χ0v) is 10.7. The number of halogens is 3. The normalized spacial score (nSPS) is 18.2. The van der Waals surface area contributed by atoms with E-state index in [2.05, 4.69) is 4.85 Å². The molecular weight excluding hydrogens is 281 g/mol. The lowest BCUT2D eigenvalue weighted by Gasteiger charge is -2.08. The molecule has 0 fully saturated rings. The first-order chi connectivity index (χ1) is 9.85. The number of nitrogens with zero attached hydrogens (tertiary/aromatic N) is 2. The minimum Gasteiger partial charge on any atom is -0.289 e. The summed E-state index contributed by atoms with van der Waals surface area (Å²) in [6.45, 7) is 8.49. The summed E-state index contributed by atoms with van der Waals surface area (Å²) in [5.41, 5.74) is -1.21. The van der Waals surface area contributed by atoms with Crippen molar-refractivity contribution in [2.75, 3.05) is 0 Å². The summed E-state index contributed by atoms with van der Waals surface area (Å²) in [6, 6.07) is 4.33. The molecule has 1 aliphatic carbocycles. The molecule has 21 heavy (non-hydrogen) atoms. The maximum absolute atomic E-state index is 12.8. The van der Waals surface area contributed by atoms with Crippen molar-refractivity contribution in [1.82, 2.24) is 0 Å². The van der Waals surface area contributed by atoms with E-state index in [-0.39, 0.29) is 22.3 Å². The monoisotopic (exact) mass is 288 g/mol. The van der Waals surface area contributed by atoms with Crippen molar-refractivity contribution in [3.05, 3.63) is 63.7 Å². The molecule has 2 rings (SSSR count). The highest BCUT2D eigenvalue weighted by Gasteiger charge is 2.36. The molecule has 0 atom stereocenters. The molecule has 0 saturated heterocycles. The molecule has 1 aromatic rings. The first kappa shape index (κ1) is 14.5. The highest BCUT2D eigenvalue weighted by atomic mass is 19.4. The third-order valence-corrected chi connectivity index (χ3v) is 3.12. The zero-order valence-electron chi connectivity index (χ0n) is 10.7. The molecule has 1 aromatic carbocycles. The Morgan fingerprint density at radius 3 is 2.52 bits per heavy atom. The zero-order chi connectivity index (χ0) is 15.8. The molecule has 104 valence electrons. The molecule has 6 heteroatoms. The van der Waals surface area contributed by atoms with E-state index in [1.165, 1.54) is 13.0 Å². The number of carbonyl (C=O) groups is 1. The highest BCUT2D eigenvalue weighted by Crippen LogP contribution is 2.41. The summed E-state index contributed by atoms with van der Waals surface area (Å²) < 4.78 is 38.4. The fourth-order valence-electron chi connectivity index (χ4n) is 2.20. The number of nitriles is 1. The van der Waals surface area contributed by atoms with Gasteiger partial charge in [0.05, 0.1) is 18.2 Å². The Kier molecular flexibility index (Phi) is 3.40. The second-order valence-corrected chi connectivity index (χ2v) is 4.24. The number of hydrogen-bond donors (Lipinski definition) is 0. The van der Waals surface area contributed by atoms with Gasteiger partial charge in [0.1, 0.15) is 0 Å². The van der Waals surface area contributed by atoms with E-state index in [0.29, 0.717) is 0 Å². The van der Waals surface area contributed by atoms with Gasteiger partial charge in [-0.15, -0.1) is 0 Å². The fraction of sp³-hybridized carbons (Fsp3) is 0.133. The van der Waals surface area contributed by atoms with Crippen molar-refractivity contribution in [1.29, 1.82) is 5.26 Å². The third-order valence-electron chi connectivity index (χ3n) is 3.12. The van der Waals surface area contributed by atoms with Gasteiger partial charge in [0.2, 0.25) is 0 Å². The second-order valence-electron chi connectivity index (χ2n) is 4.24. The van der Waals surface area contributed by atoms with Crippen LogP contribution in [0.3, 0.4) is 0 Å². The Labute approximate surface area is 118 Å². The second kappa shape index (κ2) is 4.92. The van der Waals surface area contributed by atoms with Gasteiger partial charge in [0.15, 0.2) is 5.78 Å². The van der Waals surface area contributed by atoms with Crippen LogP contribution in [-0.2, 0) is 6.18 Å². The summed E-state index contributed by atoms with van der Waals surface area (Å²) in [6.07, 6.45) is -3.17. The molecule has 0 amide bonds. The number of rotatable bonds is 0. The van der Waals surface area contributed by atoms with Crippen LogP contribution in [0.15, 0.2) is 35.5 Å². The first-order valence-electron chi connectivity index (χ1n) is 5.80. The van der Waals surface area contributed by atoms with Gasteiger partial charge in [0.25, 0.3) is 5.70 Å². The van der Waals surface area contributed by atoms with E-state index >= 15 is 0 Å². The van der Waals surface area contributed by atoms with E-state index in [9.17, 15) is 18.0 Å². The Balaban J connectivity index is 2.85. The average molecular weight is 288 g/mol. The Hall–Kier alpha value is -2.86. The molecule has 0 heterocycles. The third kappa shape index (κ3) is 2.21. The lowest BCUT2D eigenvalue weighted by atomic mass is 10.0. The molecule has 0 bridgehead atoms. The molecule has 0 spiro atoms. The van der Waals surface area contributed by atoms with Crippen molar-refractivity contribution >= 4 is 11.4 Å². The van der Waals surface area contributed by atoms with Crippen molar-refractivity contribution in [3.8, 4) is 6.07 Å². The molecule has 0 N–H and O–H groups in total. The fourth-order valence-corrected chi connectivity index (χ4v) is 2.20. The number of benzene rings is 1. The summed E-state index contributed by atoms with van der Waals surface area (Å²) in [5, 5.41) is 8.96. The van der Waals surface area contributed by atoms with E-state index in [0.717, 1.165) is 18.2 Å². The number of alkyl halides is 3. The van der Waals surface area contributed by atoms with E-state index in [4.69, 9.17) is 11.8 Å². The number of carbonyl (C=O) groups excluding carboxylic acids is 1. The Morgan fingerprint density at radius 1 is 1.38 bits per heavy atom. The molecular formula is C15H7F3N2O. The van der Waals surface area contributed by atoms with Crippen molar-refractivity contribution in [2.24, 2.45) is 0 Å². The van der Waals surface area contributed by atoms with E-state index in [1.807, 2.05) is 0 Å². The number of ketones is 1. The predicted molar refractivity (Wildman–Crippen MR) is 68.7 cm³/mol. The minimum absolute atomic E-state index is 0.0181. The summed E-state index contributed by atoms with van der Waals surface area (Å²) in [4.78, 5) is 15.1. The van der Waals surface area contributed by atoms with Gasteiger partial charge in [-0.25, -0.2) is 10.1 Å². The number of allylic oxidation sites excluding steroid dienone is 4. The van der Waals surface area contributed by atoms with Crippen molar-refractivity contribution < 1.29 is 18.0 Å². The van der Waals surface area contributed by atoms with Crippen LogP contribution in [-0.4, -0.2) is 5.78 Å². The lowest BCUT2D eigenvalue weighted by molar-refractivity contribution is -0.137. The molecule has 0 aliphatic heterocycles. The Morgan fingerprint density at radius 2 is 2.05 bits per heavy atom. The number of hydrogen-bond acceptors (Lipinski definition) is 2. The quantitative estimate of drug-likeness (QED) is 0.411. The van der Waals surface area contributed by atoms with Crippen LogP contribution < -0.4 is 0 Å². The predicted octanol–water partition coefficient (Wildman–Crippen LogP) is 4.00. The average Bonchev–Trinajstić information content (AvgIpc) is 2.72. The summed E-state index contributed by atoms with van der Waals surface area (Å²) in [5.74, 6) is -0.479. The molecule has 3 nitrogen and oxygen atoms in total. The number of fused-ring (bicyclic) bond motifs is 1. The van der Waals surface area contributed by atoms with Gasteiger partial charge in [0, 0.05) is 16.7 Å². The minimum atomic E-state index is -4.56. The molecule has 0 unspecified atom stereocenters. The largest absolute Gasteiger partial charge is 0.416 e. The maximum atomic E-state index is 12.8. The summed E-state index contributed by atoms with van der Waals surface area (Å²) in [7, 11) is 0. The van der Waals surface area contributed by atoms with Gasteiger partial charge in [-0.05, 0) is 30.7 Å². The Bertz CT molecular complexity index is 771. The van der Waals surface area contributed by atoms with Gasteiger partial charge in [-0.3, -0.25) is 4.79 Å². The van der Waals surface area contributed by atoms with Crippen LogP contribution in [0.4, 0.5) is 13.2 Å². The lowest BCUT2D eigenvalue weighted by Crippen LogP contribution is -2.05. The standard InChI is InChI=1S/C15H7F3N2O/c1-3-9-13(12(7-19)20-2)11-6-8(15(16,17)18)4-5-10(11)14(9)21/h3-6H,1H3/b9-3-,13-12?. The molecule has 0 aromatic heterocycles. The SMILES string of the molecule is [C-]#[N+]C(C#N)=C1/C(=C/C)C(=O)c2ccc(C(F)(F)F)cc21. The van der Waals surface area contributed by atoms with Crippen LogP contribution in [0.2, 0.25) is 0 Å². The van der Waals surface area contributed by atoms with Gasteiger partial charge in [-0.1, -0.05) is 6.08 Å². The van der Waals surface area contributed by atoms with Gasteiger partial charge >= 0.3 is 6.18 Å².